The zero-order valence-corrected chi connectivity index (χ0v) is 17.2. The van der Waals surface area contributed by atoms with Crippen molar-refractivity contribution in [3.8, 4) is 11.3 Å². The number of pyridine rings is 2. The Bertz CT molecular complexity index is 1060. The van der Waals surface area contributed by atoms with Crippen LogP contribution in [0.15, 0.2) is 24.4 Å². The molecule has 2 aromatic heterocycles. The summed E-state index contributed by atoms with van der Waals surface area (Å²) in [7, 11) is 0. The summed E-state index contributed by atoms with van der Waals surface area (Å²) < 4.78 is 86.6. The Hall–Kier alpha value is -3.09. The van der Waals surface area contributed by atoms with Crippen LogP contribution in [0.1, 0.15) is 30.6 Å². The largest absolute Gasteiger partial charge is 0.431 e. The average Bonchev–Trinajstić information content (AvgIpc) is 2.95. The number of halogens is 6. The molecule has 2 aromatic rings. The monoisotopic (exact) mass is 475 g/mol. The van der Waals surface area contributed by atoms with Crippen LogP contribution < -0.4 is 15.5 Å². The van der Waals surface area contributed by atoms with E-state index in [-0.39, 0.29) is 23.1 Å². The van der Waals surface area contributed by atoms with Gasteiger partial charge in [0.05, 0.1) is 16.8 Å². The number of alkyl halides is 6. The lowest BCUT2D eigenvalue weighted by molar-refractivity contribution is -0.206. The highest BCUT2D eigenvalue weighted by atomic mass is 19.4. The maximum atomic E-state index is 13.7. The van der Waals surface area contributed by atoms with Crippen LogP contribution in [0.5, 0.6) is 0 Å². The fourth-order valence-electron chi connectivity index (χ4n) is 3.88. The van der Waals surface area contributed by atoms with Gasteiger partial charge in [0.1, 0.15) is 11.6 Å². The van der Waals surface area contributed by atoms with Gasteiger partial charge in [-0.2, -0.15) is 26.3 Å². The van der Waals surface area contributed by atoms with Crippen molar-refractivity contribution in [2.24, 2.45) is 0 Å². The third kappa shape index (κ3) is 4.82. The highest BCUT2D eigenvalue weighted by Gasteiger charge is 2.49. The van der Waals surface area contributed by atoms with E-state index in [1.165, 1.54) is 0 Å². The van der Waals surface area contributed by atoms with Crippen LogP contribution in [0.4, 0.5) is 42.8 Å². The summed E-state index contributed by atoms with van der Waals surface area (Å²) in [6.07, 6.45) is -12.1. The molecule has 0 aliphatic carbocycles. The van der Waals surface area contributed by atoms with Crippen molar-refractivity contribution in [3.05, 3.63) is 35.5 Å². The van der Waals surface area contributed by atoms with Crippen LogP contribution in [0.25, 0.3) is 11.3 Å². The Kier molecular flexibility index (Phi) is 5.85. The van der Waals surface area contributed by atoms with Gasteiger partial charge >= 0.3 is 18.4 Å². The Morgan fingerprint density at radius 3 is 2.64 bits per heavy atom. The first kappa shape index (κ1) is 23.1. The number of aromatic nitrogens is 2. The number of carbonyl (C=O) groups is 1. The molecule has 4 heterocycles. The predicted octanol–water partition coefficient (Wildman–Crippen LogP) is 4.52. The summed E-state index contributed by atoms with van der Waals surface area (Å²) in [5.74, 6) is -0.454. The van der Waals surface area contributed by atoms with Gasteiger partial charge in [0.15, 0.2) is 0 Å². The van der Waals surface area contributed by atoms with E-state index < -0.39 is 41.5 Å². The van der Waals surface area contributed by atoms with E-state index in [1.54, 1.807) is 4.90 Å². The van der Waals surface area contributed by atoms with Crippen LogP contribution in [0, 0.1) is 0 Å². The SMILES string of the molecule is C[C@H]1CN(c2cc(C(F)(F)F)cc(-c3ccnc4c3[C@H](C(F)(F)F)OC(=O)N4)n2)CCCN1. The van der Waals surface area contributed by atoms with Crippen molar-refractivity contribution < 1.29 is 35.9 Å². The number of anilines is 2. The number of hydrogen-bond donors (Lipinski definition) is 2. The van der Waals surface area contributed by atoms with Crippen LogP contribution in [-0.4, -0.2) is 47.9 Å². The zero-order valence-electron chi connectivity index (χ0n) is 17.2. The van der Waals surface area contributed by atoms with Gasteiger partial charge in [-0.3, -0.25) is 5.32 Å². The fourth-order valence-corrected chi connectivity index (χ4v) is 3.88. The molecule has 1 saturated heterocycles. The molecular weight excluding hydrogens is 456 g/mol. The minimum atomic E-state index is -5.01. The Morgan fingerprint density at radius 2 is 1.94 bits per heavy atom. The molecule has 0 bridgehead atoms. The Labute approximate surface area is 184 Å². The minimum Gasteiger partial charge on any atom is -0.431 e. The third-order valence-electron chi connectivity index (χ3n) is 5.33. The zero-order chi connectivity index (χ0) is 24.0. The second-order valence-electron chi connectivity index (χ2n) is 7.82. The van der Waals surface area contributed by atoms with Crippen molar-refractivity contribution in [2.75, 3.05) is 29.9 Å². The minimum absolute atomic E-state index is 0.00902. The average molecular weight is 475 g/mol. The van der Waals surface area contributed by atoms with E-state index >= 15 is 0 Å². The maximum absolute atomic E-state index is 13.7. The lowest BCUT2D eigenvalue weighted by atomic mass is 9.98. The molecule has 0 saturated carbocycles. The summed E-state index contributed by atoms with van der Waals surface area (Å²) in [5.41, 5.74) is -2.26. The number of ether oxygens (including phenoxy) is 1. The third-order valence-corrected chi connectivity index (χ3v) is 5.33. The van der Waals surface area contributed by atoms with E-state index in [0.29, 0.717) is 32.1 Å². The van der Waals surface area contributed by atoms with E-state index in [2.05, 4.69) is 25.3 Å². The van der Waals surface area contributed by atoms with E-state index in [4.69, 9.17) is 0 Å². The van der Waals surface area contributed by atoms with Gasteiger partial charge in [0, 0.05) is 30.9 Å². The van der Waals surface area contributed by atoms with Crippen molar-refractivity contribution in [3.63, 3.8) is 0 Å². The number of hydrogen-bond acceptors (Lipinski definition) is 6. The number of nitrogens with one attached hydrogen (secondary N) is 2. The Morgan fingerprint density at radius 1 is 1.18 bits per heavy atom. The van der Waals surface area contributed by atoms with Gasteiger partial charge in [-0.1, -0.05) is 0 Å². The summed E-state index contributed by atoms with van der Waals surface area (Å²) >= 11 is 0. The van der Waals surface area contributed by atoms with Gasteiger partial charge in [-0.05, 0) is 38.1 Å². The van der Waals surface area contributed by atoms with Crippen molar-refractivity contribution in [2.45, 2.75) is 37.8 Å². The van der Waals surface area contributed by atoms with Crippen LogP contribution in [0.2, 0.25) is 0 Å². The lowest BCUT2D eigenvalue weighted by Gasteiger charge is -2.29. The summed E-state index contributed by atoms with van der Waals surface area (Å²) in [5, 5.41) is 5.29. The van der Waals surface area contributed by atoms with E-state index in [1.807, 2.05) is 6.92 Å². The molecule has 2 N–H and O–H groups in total. The molecule has 178 valence electrons. The molecule has 33 heavy (non-hydrogen) atoms. The quantitative estimate of drug-likeness (QED) is 0.623. The second kappa shape index (κ2) is 8.36. The van der Waals surface area contributed by atoms with Gasteiger partial charge in [-0.25, -0.2) is 14.8 Å². The molecule has 0 unspecified atom stereocenters. The molecule has 0 radical (unpaired) electrons. The highest BCUT2D eigenvalue weighted by Crippen LogP contribution is 2.46. The number of nitrogens with zero attached hydrogens (tertiary/aromatic N) is 3. The predicted molar refractivity (Wildman–Crippen MR) is 106 cm³/mol. The van der Waals surface area contributed by atoms with Gasteiger partial charge in [0.25, 0.3) is 0 Å². The maximum Gasteiger partial charge on any atom is 0.430 e. The molecule has 4 rings (SSSR count). The first-order valence-corrected chi connectivity index (χ1v) is 10.0. The number of amides is 1. The van der Waals surface area contributed by atoms with Crippen molar-refractivity contribution in [1.29, 1.82) is 0 Å². The molecule has 13 heteroatoms. The van der Waals surface area contributed by atoms with Gasteiger partial charge in [-0.15, -0.1) is 0 Å². The molecule has 2 aliphatic heterocycles. The van der Waals surface area contributed by atoms with Gasteiger partial charge < -0.3 is 15.0 Å². The number of rotatable bonds is 2. The van der Waals surface area contributed by atoms with Crippen LogP contribution in [0.3, 0.4) is 0 Å². The lowest BCUT2D eigenvalue weighted by Crippen LogP contribution is -2.36. The normalized spacial score (nSPS) is 21.7. The van der Waals surface area contributed by atoms with Crippen molar-refractivity contribution >= 4 is 17.7 Å². The number of cyclic esters (lactones) is 1. The molecule has 2 aliphatic rings. The molecule has 0 spiro atoms. The van der Waals surface area contributed by atoms with Gasteiger partial charge in [0.2, 0.25) is 6.10 Å². The highest BCUT2D eigenvalue weighted by molar-refractivity contribution is 5.89. The Balaban J connectivity index is 1.89. The molecule has 1 fully saturated rings. The number of fused-ring (bicyclic) bond motifs is 1. The van der Waals surface area contributed by atoms with E-state index in [0.717, 1.165) is 18.3 Å². The molecule has 1 amide bonds. The van der Waals surface area contributed by atoms with Crippen molar-refractivity contribution in [1.82, 2.24) is 15.3 Å². The molecule has 2 atom stereocenters. The summed E-state index contributed by atoms with van der Waals surface area (Å²) in [6, 6.07) is 2.66. The second-order valence-corrected chi connectivity index (χ2v) is 7.82. The smallest absolute Gasteiger partial charge is 0.430 e. The summed E-state index contributed by atoms with van der Waals surface area (Å²) in [6.45, 7) is 3.34. The van der Waals surface area contributed by atoms with Crippen LogP contribution in [-0.2, 0) is 10.9 Å². The molecule has 7 nitrogen and oxygen atoms in total. The topological polar surface area (TPSA) is 79.4 Å². The number of carbonyl (C=O) groups excluding carboxylic acids is 1. The first-order valence-electron chi connectivity index (χ1n) is 10.0. The fraction of sp³-hybridized carbons (Fsp3) is 0.450. The first-order chi connectivity index (χ1) is 15.4. The molecule has 0 aromatic carbocycles. The summed E-state index contributed by atoms with van der Waals surface area (Å²) in [4.78, 5) is 21.3. The standard InChI is InChI=1S/C20H19F6N5O2/c1-10-9-31(6-2-4-27-10)14-8-11(19(21,22)23)7-13(29-14)12-3-5-28-17-15(12)16(20(24,25)26)33-18(32)30-17/h3,5,7-8,10,16,27H,2,4,6,9H2,1H3,(H,28,30,32)/t10-,16+/m0/s1. The van der Waals surface area contributed by atoms with Crippen LogP contribution >= 0.6 is 0 Å². The molecular formula is C20H19F6N5O2. The van der Waals surface area contributed by atoms with E-state index in [9.17, 15) is 31.1 Å².